The molecule has 1 aliphatic rings. The fourth-order valence-corrected chi connectivity index (χ4v) is 6.88. The van der Waals surface area contributed by atoms with Crippen molar-refractivity contribution in [3.8, 4) is 0 Å². The zero-order valence-electron chi connectivity index (χ0n) is 23.2. The number of anilines is 1. The van der Waals surface area contributed by atoms with Crippen LogP contribution in [-0.4, -0.2) is 48.4 Å². The molecule has 0 atom stereocenters. The maximum Gasteiger partial charge on any atom is 0.264 e. The van der Waals surface area contributed by atoms with E-state index in [2.05, 4.69) is 25.3 Å². The number of aromatic nitrogens is 2. The molecule has 1 fully saturated rings. The molecule has 0 bridgehead atoms. The van der Waals surface area contributed by atoms with Crippen molar-refractivity contribution in [2.75, 3.05) is 24.6 Å². The number of benzene rings is 2. The van der Waals surface area contributed by atoms with Crippen molar-refractivity contribution >= 4 is 26.7 Å². The van der Waals surface area contributed by atoms with Crippen molar-refractivity contribution in [3.05, 3.63) is 53.9 Å². The summed E-state index contributed by atoms with van der Waals surface area (Å²) in [6, 6.07) is 12.5. The van der Waals surface area contributed by atoms with E-state index in [0.29, 0.717) is 24.4 Å². The van der Waals surface area contributed by atoms with Crippen LogP contribution in [0.3, 0.4) is 0 Å². The fourth-order valence-electron chi connectivity index (χ4n) is 5.70. The van der Waals surface area contributed by atoms with E-state index in [1.807, 2.05) is 18.2 Å². The molecule has 4 rings (SSSR count). The van der Waals surface area contributed by atoms with Crippen LogP contribution in [0.15, 0.2) is 47.4 Å². The molecule has 0 amide bonds. The third kappa shape index (κ3) is 6.08. The van der Waals surface area contributed by atoms with E-state index in [1.54, 1.807) is 31.3 Å². The number of aliphatic hydroxyl groups excluding tert-OH is 2. The first kappa shape index (κ1) is 28.6. The predicted octanol–water partition coefficient (Wildman–Crippen LogP) is 5.59. The van der Waals surface area contributed by atoms with E-state index in [9.17, 15) is 18.6 Å². The highest BCUT2D eigenvalue weighted by Crippen LogP contribution is 2.34. The van der Waals surface area contributed by atoms with Crippen LogP contribution >= 0.6 is 0 Å². The van der Waals surface area contributed by atoms with Gasteiger partial charge in [0, 0.05) is 32.2 Å². The molecule has 2 aromatic carbocycles. The van der Waals surface area contributed by atoms with Gasteiger partial charge in [-0.2, -0.15) is 0 Å². The van der Waals surface area contributed by atoms with Crippen LogP contribution in [0.1, 0.15) is 83.0 Å². The van der Waals surface area contributed by atoms with Crippen LogP contribution < -0.4 is 4.31 Å². The van der Waals surface area contributed by atoms with Crippen molar-refractivity contribution in [1.29, 1.82) is 0 Å². The molecule has 2 N–H and O–H groups in total. The molecule has 208 valence electrons. The lowest BCUT2D eigenvalue weighted by Crippen LogP contribution is -2.26. The molecule has 0 saturated heterocycles. The molecule has 7 nitrogen and oxygen atoms in total. The van der Waals surface area contributed by atoms with Gasteiger partial charge in [-0.25, -0.2) is 13.4 Å². The van der Waals surface area contributed by atoms with Crippen molar-refractivity contribution < 1.29 is 18.6 Å². The summed E-state index contributed by atoms with van der Waals surface area (Å²) in [7, 11) is -2.20. The summed E-state index contributed by atoms with van der Waals surface area (Å²) >= 11 is 0. The molecule has 38 heavy (non-hydrogen) atoms. The zero-order valence-corrected chi connectivity index (χ0v) is 24.0. The Kier molecular flexibility index (Phi) is 8.85. The van der Waals surface area contributed by atoms with Crippen molar-refractivity contribution in [1.82, 2.24) is 9.55 Å². The maximum atomic E-state index is 13.5. The largest absolute Gasteiger partial charge is 0.396 e. The predicted molar refractivity (Wildman–Crippen MR) is 153 cm³/mol. The summed E-state index contributed by atoms with van der Waals surface area (Å²) in [6.45, 7) is 7.53. The van der Waals surface area contributed by atoms with Gasteiger partial charge < -0.3 is 14.8 Å². The monoisotopic (exact) mass is 541 g/mol. The third-order valence-corrected chi connectivity index (χ3v) is 9.70. The molecule has 0 spiro atoms. The van der Waals surface area contributed by atoms with Gasteiger partial charge in [0.1, 0.15) is 5.82 Å². The summed E-state index contributed by atoms with van der Waals surface area (Å²) in [5.41, 5.74) is 3.23. The number of fused-ring (bicyclic) bond motifs is 1. The standard InChI is InChI=1S/C30H43N3O4S/c1-30(2,3)29-31-27-20-25(12-15-28(27)33(29)21-22-8-6-5-7-9-22)32(4)38(36,37)26-13-10-23(11-14-26)24(16-18-34)17-19-35/h10-15,20,22,24,34-35H,5-9,16-19,21H2,1-4H3. The van der Waals surface area contributed by atoms with Gasteiger partial charge in [-0.15, -0.1) is 0 Å². The first-order valence-electron chi connectivity index (χ1n) is 13.9. The lowest BCUT2D eigenvalue weighted by molar-refractivity contribution is 0.242. The number of hydrogen-bond donors (Lipinski definition) is 2. The molecule has 1 aromatic heterocycles. The zero-order chi connectivity index (χ0) is 27.5. The Bertz CT molecular complexity index is 1310. The first-order chi connectivity index (χ1) is 18.1. The lowest BCUT2D eigenvalue weighted by Gasteiger charge is -2.26. The van der Waals surface area contributed by atoms with E-state index in [0.717, 1.165) is 29.0 Å². The summed E-state index contributed by atoms with van der Waals surface area (Å²) in [4.78, 5) is 5.22. The Balaban J connectivity index is 1.63. The Morgan fingerprint density at radius 1 is 1.00 bits per heavy atom. The normalized spacial score (nSPS) is 15.4. The number of imidazole rings is 1. The smallest absolute Gasteiger partial charge is 0.264 e. The van der Waals surface area contributed by atoms with Gasteiger partial charge in [-0.3, -0.25) is 4.31 Å². The highest BCUT2D eigenvalue weighted by molar-refractivity contribution is 7.92. The molecule has 0 unspecified atom stereocenters. The third-order valence-electron chi connectivity index (χ3n) is 7.90. The number of rotatable bonds is 10. The highest BCUT2D eigenvalue weighted by Gasteiger charge is 2.27. The van der Waals surface area contributed by atoms with Crippen LogP contribution in [0.2, 0.25) is 0 Å². The van der Waals surface area contributed by atoms with Crippen LogP contribution in [-0.2, 0) is 22.0 Å². The second-order valence-corrected chi connectivity index (χ2v) is 13.7. The summed E-state index contributed by atoms with van der Waals surface area (Å²) < 4.78 is 30.7. The van der Waals surface area contributed by atoms with Crippen LogP contribution in [0.4, 0.5) is 5.69 Å². The van der Waals surface area contributed by atoms with Gasteiger partial charge in [0.25, 0.3) is 10.0 Å². The van der Waals surface area contributed by atoms with E-state index in [4.69, 9.17) is 4.98 Å². The highest BCUT2D eigenvalue weighted by atomic mass is 32.2. The van der Waals surface area contributed by atoms with Crippen molar-refractivity contribution in [2.45, 2.75) is 88.5 Å². The summed E-state index contributed by atoms with van der Waals surface area (Å²) in [5, 5.41) is 18.7. The second-order valence-electron chi connectivity index (χ2n) is 11.7. The lowest BCUT2D eigenvalue weighted by atomic mass is 9.88. The van der Waals surface area contributed by atoms with Gasteiger partial charge in [0.15, 0.2) is 0 Å². The van der Waals surface area contributed by atoms with Crippen molar-refractivity contribution in [2.24, 2.45) is 5.92 Å². The number of hydrogen-bond acceptors (Lipinski definition) is 5. The minimum absolute atomic E-state index is 0.0115. The SMILES string of the molecule is CN(c1ccc2c(c1)nc(C(C)(C)C)n2CC1CCCCC1)S(=O)(=O)c1ccc(C(CCO)CCO)cc1. The van der Waals surface area contributed by atoms with E-state index in [1.165, 1.54) is 36.4 Å². The van der Waals surface area contributed by atoms with Crippen molar-refractivity contribution in [3.63, 3.8) is 0 Å². The molecule has 1 aliphatic carbocycles. The number of sulfonamides is 1. The Morgan fingerprint density at radius 3 is 2.21 bits per heavy atom. The second kappa shape index (κ2) is 11.8. The van der Waals surface area contributed by atoms with Gasteiger partial charge in [0.2, 0.25) is 0 Å². The molecule has 3 aromatic rings. The first-order valence-corrected chi connectivity index (χ1v) is 15.3. The van der Waals surface area contributed by atoms with Gasteiger partial charge in [0.05, 0.1) is 21.6 Å². The minimum atomic E-state index is -3.78. The van der Waals surface area contributed by atoms with Crippen LogP contribution in [0.5, 0.6) is 0 Å². The Labute approximate surface area is 227 Å². The molecule has 0 aliphatic heterocycles. The van der Waals surface area contributed by atoms with E-state index in [-0.39, 0.29) is 29.4 Å². The Hall–Kier alpha value is -2.42. The molecule has 1 saturated carbocycles. The van der Waals surface area contributed by atoms with Gasteiger partial charge in [-0.1, -0.05) is 52.2 Å². The average molecular weight is 542 g/mol. The van der Waals surface area contributed by atoms with Crippen LogP contribution in [0.25, 0.3) is 11.0 Å². The fraction of sp³-hybridized carbons (Fsp3) is 0.567. The van der Waals surface area contributed by atoms with Gasteiger partial charge in [-0.05, 0) is 73.4 Å². The molecule has 8 heteroatoms. The van der Waals surface area contributed by atoms with Crippen LogP contribution in [0, 0.1) is 5.92 Å². The van der Waals surface area contributed by atoms with Gasteiger partial charge >= 0.3 is 0 Å². The molecular weight excluding hydrogens is 498 g/mol. The minimum Gasteiger partial charge on any atom is -0.396 e. The topological polar surface area (TPSA) is 95.7 Å². The molecule has 0 radical (unpaired) electrons. The summed E-state index contributed by atoms with van der Waals surface area (Å²) in [6.07, 6.45) is 7.46. The number of aliphatic hydroxyl groups is 2. The molecule has 1 heterocycles. The molecular formula is C30H43N3O4S. The van der Waals surface area contributed by atoms with E-state index >= 15 is 0 Å². The summed E-state index contributed by atoms with van der Waals surface area (Å²) in [5.74, 6) is 1.68. The Morgan fingerprint density at radius 2 is 1.63 bits per heavy atom. The maximum absolute atomic E-state index is 13.5. The number of nitrogens with zero attached hydrogens (tertiary/aromatic N) is 3. The average Bonchev–Trinajstić information content (AvgIpc) is 3.27. The quantitative estimate of drug-likeness (QED) is 0.349. The van der Waals surface area contributed by atoms with E-state index < -0.39 is 10.0 Å².